The molecule has 0 spiro atoms. The zero-order valence-electron chi connectivity index (χ0n) is 19.4. The lowest BCUT2D eigenvalue weighted by Gasteiger charge is -2.22. The first kappa shape index (κ1) is 24.6. The van der Waals surface area contributed by atoms with Crippen LogP contribution in [0.25, 0.3) is 17.3 Å². The van der Waals surface area contributed by atoms with Crippen molar-refractivity contribution in [2.24, 2.45) is 5.92 Å². The molecule has 0 atom stereocenters. The fourth-order valence-electron chi connectivity index (χ4n) is 3.78. The summed E-state index contributed by atoms with van der Waals surface area (Å²) in [5.41, 5.74) is 2.13. The number of halogens is 1. The van der Waals surface area contributed by atoms with Crippen LogP contribution in [0.15, 0.2) is 84.0 Å². The Labute approximate surface area is 209 Å². The van der Waals surface area contributed by atoms with Gasteiger partial charge >= 0.3 is 0 Å². The van der Waals surface area contributed by atoms with Gasteiger partial charge in [-0.2, -0.15) is 5.10 Å². The van der Waals surface area contributed by atoms with Crippen LogP contribution in [0.5, 0.6) is 5.75 Å². The molecule has 0 aliphatic carbocycles. The van der Waals surface area contributed by atoms with Gasteiger partial charge < -0.3 is 10.1 Å². The Morgan fingerprint density at radius 3 is 2.74 bits per heavy atom. The molecule has 180 valence electrons. The first-order chi connectivity index (χ1) is 17.1. The molecule has 0 bridgehead atoms. The maximum absolute atomic E-state index is 12.5. The number of piperidine rings is 1. The summed E-state index contributed by atoms with van der Waals surface area (Å²) >= 11 is 6.11. The molecule has 1 saturated heterocycles. The summed E-state index contributed by atoms with van der Waals surface area (Å²) in [7, 11) is 0. The lowest BCUT2D eigenvalue weighted by atomic mass is 9.99. The van der Waals surface area contributed by atoms with Crippen LogP contribution in [0.1, 0.15) is 18.7 Å². The molecule has 1 aromatic carbocycles. The average molecular weight is 490 g/mol. The van der Waals surface area contributed by atoms with E-state index >= 15 is 0 Å². The van der Waals surface area contributed by atoms with Gasteiger partial charge in [0.05, 0.1) is 31.2 Å². The van der Waals surface area contributed by atoms with Gasteiger partial charge in [-0.1, -0.05) is 48.5 Å². The number of allylic oxidation sites excluding steroid dienone is 4. The van der Waals surface area contributed by atoms with E-state index in [1.54, 1.807) is 36.7 Å². The van der Waals surface area contributed by atoms with E-state index in [1.807, 2.05) is 30.4 Å². The summed E-state index contributed by atoms with van der Waals surface area (Å²) in [5, 5.41) is 8.48. The van der Waals surface area contributed by atoms with Crippen LogP contribution in [0.2, 0.25) is 5.02 Å². The van der Waals surface area contributed by atoms with E-state index in [9.17, 15) is 4.79 Å². The quantitative estimate of drug-likeness (QED) is 0.444. The van der Waals surface area contributed by atoms with E-state index < -0.39 is 0 Å². The number of rotatable bonds is 9. The lowest BCUT2D eigenvalue weighted by molar-refractivity contribution is 0.214. The topological polar surface area (TPSA) is 81.9 Å². The molecule has 2 aromatic heterocycles. The summed E-state index contributed by atoms with van der Waals surface area (Å²) in [6, 6.07) is 10.6. The van der Waals surface area contributed by atoms with E-state index in [0.29, 0.717) is 34.8 Å². The van der Waals surface area contributed by atoms with Crippen LogP contribution in [0.4, 0.5) is 0 Å². The molecule has 8 heteroatoms. The number of nitrogens with zero attached hydrogens (tertiary/aromatic N) is 4. The van der Waals surface area contributed by atoms with E-state index in [4.69, 9.17) is 16.3 Å². The molecule has 35 heavy (non-hydrogen) atoms. The molecule has 1 N–H and O–H groups in total. The summed E-state index contributed by atoms with van der Waals surface area (Å²) < 4.78 is 7.27. The first-order valence-corrected chi connectivity index (χ1v) is 12.0. The molecule has 0 radical (unpaired) electrons. The summed E-state index contributed by atoms with van der Waals surface area (Å²) in [4.78, 5) is 21.2. The zero-order chi connectivity index (χ0) is 24.5. The molecule has 7 nitrogen and oxygen atoms in total. The third-order valence-corrected chi connectivity index (χ3v) is 5.93. The Morgan fingerprint density at radius 2 is 2.00 bits per heavy atom. The van der Waals surface area contributed by atoms with Gasteiger partial charge in [-0.15, -0.1) is 0 Å². The predicted molar refractivity (Wildman–Crippen MR) is 139 cm³/mol. The molecule has 0 unspecified atom stereocenters. The maximum atomic E-state index is 12.5. The number of hydrogen-bond acceptors (Lipinski definition) is 6. The van der Waals surface area contributed by atoms with Gasteiger partial charge in [0.25, 0.3) is 5.56 Å². The average Bonchev–Trinajstić information content (AvgIpc) is 2.88. The van der Waals surface area contributed by atoms with Crippen molar-refractivity contribution in [3.63, 3.8) is 0 Å². The minimum Gasteiger partial charge on any atom is -0.490 e. The minimum absolute atomic E-state index is 0.203. The van der Waals surface area contributed by atoms with Gasteiger partial charge in [-0.3, -0.25) is 4.79 Å². The molecule has 1 aliphatic heterocycles. The molecule has 4 rings (SSSR count). The van der Waals surface area contributed by atoms with Gasteiger partial charge in [0.1, 0.15) is 0 Å². The van der Waals surface area contributed by atoms with Crippen molar-refractivity contribution in [1.82, 2.24) is 25.1 Å². The molecule has 1 fully saturated rings. The molecule has 3 aromatic rings. The van der Waals surface area contributed by atoms with Crippen LogP contribution in [0, 0.1) is 5.92 Å². The molecular weight excluding hydrogens is 462 g/mol. The van der Waals surface area contributed by atoms with Crippen LogP contribution in [-0.2, 0) is 6.54 Å². The van der Waals surface area contributed by atoms with Crippen molar-refractivity contribution in [3.05, 3.63) is 100 Å². The second kappa shape index (κ2) is 12.2. The lowest BCUT2D eigenvalue weighted by Crippen LogP contribution is -2.30. The monoisotopic (exact) mass is 489 g/mol. The Kier molecular flexibility index (Phi) is 8.59. The van der Waals surface area contributed by atoms with Crippen molar-refractivity contribution < 1.29 is 4.74 Å². The van der Waals surface area contributed by atoms with E-state index in [1.165, 1.54) is 10.7 Å². The van der Waals surface area contributed by atoms with Crippen molar-refractivity contribution in [3.8, 4) is 17.0 Å². The highest BCUT2D eigenvalue weighted by atomic mass is 35.5. The van der Waals surface area contributed by atoms with Crippen molar-refractivity contribution in [2.45, 2.75) is 19.4 Å². The summed E-state index contributed by atoms with van der Waals surface area (Å²) in [5.74, 6) is 1.77. The van der Waals surface area contributed by atoms with Crippen LogP contribution in [0.3, 0.4) is 0 Å². The van der Waals surface area contributed by atoms with Crippen LogP contribution >= 0.6 is 11.6 Å². The highest BCUT2D eigenvalue weighted by Gasteiger charge is 2.13. The highest BCUT2D eigenvalue weighted by molar-refractivity contribution is 6.30. The Hall–Kier alpha value is -3.55. The van der Waals surface area contributed by atoms with Crippen LogP contribution in [-0.4, -0.2) is 39.4 Å². The predicted octanol–water partition coefficient (Wildman–Crippen LogP) is 4.56. The SMILES string of the molecule is C=CC=C(C=Cc1ncc(OCC2CCNCC2)cn1)Cn1nc(-c2cccc(Cl)c2)ccc1=O. The number of ether oxygens (including phenoxy) is 1. The van der Waals surface area contributed by atoms with Gasteiger partial charge in [0.2, 0.25) is 0 Å². The van der Waals surface area contributed by atoms with Crippen molar-refractivity contribution >= 4 is 17.7 Å². The first-order valence-electron chi connectivity index (χ1n) is 11.6. The van der Waals surface area contributed by atoms with Crippen molar-refractivity contribution in [1.29, 1.82) is 0 Å². The third-order valence-electron chi connectivity index (χ3n) is 5.69. The van der Waals surface area contributed by atoms with Crippen molar-refractivity contribution in [2.75, 3.05) is 19.7 Å². The minimum atomic E-state index is -0.203. The smallest absolute Gasteiger partial charge is 0.267 e. The summed E-state index contributed by atoms with van der Waals surface area (Å²) in [6.07, 6.45) is 12.8. The highest BCUT2D eigenvalue weighted by Crippen LogP contribution is 2.20. The maximum Gasteiger partial charge on any atom is 0.267 e. The second-order valence-corrected chi connectivity index (χ2v) is 8.75. The number of hydrogen-bond donors (Lipinski definition) is 1. The summed E-state index contributed by atoms with van der Waals surface area (Å²) in [6.45, 7) is 6.82. The Balaban J connectivity index is 1.42. The second-order valence-electron chi connectivity index (χ2n) is 8.32. The molecule has 3 heterocycles. The van der Waals surface area contributed by atoms with E-state index in [-0.39, 0.29) is 12.1 Å². The third kappa shape index (κ3) is 7.21. The zero-order valence-corrected chi connectivity index (χ0v) is 20.2. The van der Waals surface area contributed by atoms with Gasteiger partial charge in [0.15, 0.2) is 11.6 Å². The number of benzene rings is 1. The molecule has 0 saturated carbocycles. The Bertz CT molecular complexity index is 1260. The van der Waals surface area contributed by atoms with Crippen LogP contribution < -0.4 is 15.6 Å². The Morgan fingerprint density at radius 1 is 1.20 bits per heavy atom. The normalized spacial score (nSPS) is 14.8. The largest absolute Gasteiger partial charge is 0.490 e. The standard InChI is InChI=1S/C27H28ClN5O2/c1-2-4-20(18-33-27(34)10-8-25(32-33)22-5-3-6-23(28)15-22)7-9-26-30-16-24(17-31-26)35-19-21-11-13-29-14-12-21/h2-10,15-17,21,29H,1,11-14,18-19H2. The van der Waals surface area contributed by atoms with Gasteiger partial charge in [-0.05, 0) is 61.7 Å². The number of aromatic nitrogens is 4. The molecule has 0 amide bonds. The fraction of sp³-hybridized carbons (Fsp3) is 0.259. The molecule has 1 aliphatic rings. The fourth-order valence-corrected chi connectivity index (χ4v) is 3.97. The van der Waals surface area contributed by atoms with E-state index in [0.717, 1.165) is 37.1 Å². The van der Waals surface area contributed by atoms with E-state index in [2.05, 4.69) is 27.0 Å². The van der Waals surface area contributed by atoms with Gasteiger partial charge in [-0.25, -0.2) is 14.6 Å². The van der Waals surface area contributed by atoms with Gasteiger partial charge in [0, 0.05) is 16.7 Å². The molecular formula is C27H28ClN5O2. The number of nitrogens with one attached hydrogen (secondary N) is 1.